The number of halogens is 1. The van der Waals surface area contributed by atoms with Gasteiger partial charge >= 0.3 is 5.76 Å². The molecule has 1 aliphatic heterocycles. The minimum Gasteiger partial charge on any atom is -0.408 e. The van der Waals surface area contributed by atoms with Crippen LogP contribution in [0.4, 0.5) is 5.69 Å². The third kappa shape index (κ3) is 1.79. The van der Waals surface area contributed by atoms with Gasteiger partial charge < -0.3 is 14.6 Å². The number of fused-ring (bicyclic) bond motifs is 1. The fourth-order valence-electron chi connectivity index (χ4n) is 2.28. The number of oxazole rings is 1. The van der Waals surface area contributed by atoms with Crippen LogP contribution in [0.5, 0.6) is 0 Å². The number of nitrogens with zero attached hydrogens (tertiary/aromatic N) is 2. The van der Waals surface area contributed by atoms with Crippen LogP contribution in [0, 0.1) is 0 Å². The summed E-state index contributed by atoms with van der Waals surface area (Å²) in [5, 5.41) is 3.95. The number of hydrogen-bond donors (Lipinski definition) is 1. The zero-order valence-electron chi connectivity index (χ0n) is 10.1. The molecule has 2 heterocycles. The normalized spacial score (nSPS) is 16.4. The lowest BCUT2D eigenvalue weighted by atomic mass is 10.2. The predicted molar refractivity (Wildman–Crippen MR) is 71.5 cm³/mol. The zero-order chi connectivity index (χ0) is 12.7. The Morgan fingerprint density at radius 2 is 2.06 bits per heavy atom. The molecule has 0 atom stereocenters. The third-order valence-electron chi connectivity index (χ3n) is 3.32. The van der Waals surface area contributed by atoms with E-state index in [0.29, 0.717) is 10.6 Å². The van der Waals surface area contributed by atoms with Gasteiger partial charge in [0.1, 0.15) is 0 Å². The van der Waals surface area contributed by atoms with E-state index in [1.54, 1.807) is 13.1 Å². The number of aryl methyl sites for hydroxylation is 1. The van der Waals surface area contributed by atoms with Crippen LogP contribution >= 0.6 is 11.6 Å². The van der Waals surface area contributed by atoms with E-state index in [-0.39, 0.29) is 5.76 Å². The van der Waals surface area contributed by atoms with E-state index in [4.69, 9.17) is 16.0 Å². The molecule has 1 N–H and O–H groups in total. The molecule has 1 aromatic heterocycles. The molecular formula is C12H14ClN3O2. The van der Waals surface area contributed by atoms with Gasteiger partial charge in [0.2, 0.25) is 0 Å². The van der Waals surface area contributed by atoms with E-state index in [1.807, 2.05) is 6.07 Å². The molecule has 0 spiro atoms. The van der Waals surface area contributed by atoms with Gasteiger partial charge in [0.25, 0.3) is 0 Å². The molecule has 2 aromatic rings. The van der Waals surface area contributed by atoms with Crippen LogP contribution in [0.15, 0.2) is 21.3 Å². The first-order valence-electron chi connectivity index (χ1n) is 5.91. The number of aromatic nitrogens is 1. The van der Waals surface area contributed by atoms with E-state index in [1.165, 1.54) is 4.57 Å². The molecule has 3 rings (SSSR count). The Bertz CT molecular complexity index is 641. The summed E-state index contributed by atoms with van der Waals surface area (Å²) in [6, 6.07) is 3.64. The zero-order valence-corrected chi connectivity index (χ0v) is 10.8. The highest BCUT2D eigenvalue weighted by molar-refractivity contribution is 6.34. The molecule has 0 unspecified atom stereocenters. The van der Waals surface area contributed by atoms with Crippen LogP contribution < -0.4 is 16.0 Å². The van der Waals surface area contributed by atoms with Crippen LogP contribution in [-0.2, 0) is 7.05 Å². The summed E-state index contributed by atoms with van der Waals surface area (Å²) in [6.45, 7) is 3.69. The van der Waals surface area contributed by atoms with Gasteiger partial charge in [-0.15, -0.1) is 0 Å². The van der Waals surface area contributed by atoms with Crippen LogP contribution in [0.2, 0.25) is 5.02 Å². The third-order valence-corrected chi connectivity index (χ3v) is 3.62. The SMILES string of the molecule is Cn1c(=O)oc2cc(N3CCNCC3)c(Cl)cc21. The standard InChI is InChI=1S/C12H14ClN3O2/c1-15-10-6-8(13)9(7-11(10)18-12(15)17)16-4-2-14-3-5-16/h6-7,14H,2-5H2,1H3. The van der Waals surface area contributed by atoms with E-state index >= 15 is 0 Å². The Balaban J connectivity index is 2.12. The van der Waals surface area contributed by atoms with Crippen molar-refractivity contribution >= 4 is 28.4 Å². The average Bonchev–Trinajstić information content (AvgIpc) is 2.66. The Labute approximate surface area is 109 Å². The molecule has 0 bridgehead atoms. The van der Waals surface area contributed by atoms with Crippen LogP contribution in [-0.4, -0.2) is 30.7 Å². The van der Waals surface area contributed by atoms with E-state index in [2.05, 4.69) is 10.2 Å². The summed E-state index contributed by atoms with van der Waals surface area (Å²) in [5.41, 5.74) is 2.24. The first-order valence-corrected chi connectivity index (χ1v) is 6.29. The second-order valence-corrected chi connectivity index (χ2v) is 4.84. The number of nitrogens with one attached hydrogen (secondary N) is 1. The molecule has 0 amide bonds. The second kappa shape index (κ2) is 4.33. The fourth-order valence-corrected chi connectivity index (χ4v) is 2.56. The summed E-state index contributed by atoms with van der Waals surface area (Å²) >= 11 is 6.30. The van der Waals surface area contributed by atoms with Gasteiger partial charge in [-0.2, -0.15) is 0 Å². The largest absolute Gasteiger partial charge is 0.419 e. The smallest absolute Gasteiger partial charge is 0.408 e. The number of rotatable bonds is 1. The summed E-state index contributed by atoms with van der Waals surface area (Å²) in [7, 11) is 1.68. The highest BCUT2D eigenvalue weighted by Crippen LogP contribution is 2.30. The van der Waals surface area contributed by atoms with Crippen molar-refractivity contribution in [1.82, 2.24) is 9.88 Å². The Morgan fingerprint density at radius 3 is 2.78 bits per heavy atom. The lowest BCUT2D eigenvalue weighted by molar-refractivity contribution is 0.527. The number of hydrogen-bond acceptors (Lipinski definition) is 4. The lowest BCUT2D eigenvalue weighted by Crippen LogP contribution is -2.43. The summed E-state index contributed by atoms with van der Waals surface area (Å²) < 4.78 is 6.65. The van der Waals surface area contributed by atoms with Crippen molar-refractivity contribution < 1.29 is 4.42 Å². The maximum atomic E-state index is 11.5. The first kappa shape index (κ1) is 11.6. The fraction of sp³-hybridized carbons (Fsp3) is 0.417. The number of benzene rings is 1. The van der Waals surface area contributed by atoms with Gasteiger partial charge in [-0.25, -0.2) is 4.79 Å². The molecule has 18 heavy (non-hydrogen) atoms. The summed E-state index contributed by atoms with van der Waals surface area (Å²) in [4.78, 5) is 13.7. The molecular weight excluding hydrogens is 254 g/mol. The van der Waals surface area contributed by atoms with Crippen molar-refractivity contribution in [2.45, 2.75) is 0 Å². The minimum atomic E-state index is -0.362. The van der Waals surface area contributed by atoms with Crippen molar-refractivity contribution in [2.24, 2.45) is 7.05 Å². The van der Waals surface area contributed by atoms with Gasteiger partial charge in [-0.3, -0.25) is 4.57 Å². The van der Waals surface area contributed by atoms with E-state index in [9.17, 15) is 4.79 Å². The maximum absolute atomic E-state index is 11.5. The average molecular weight is 268 g/mol. The van der Waals surface area contributed by atoms with Crippen molar-refractivity contribution in [3.8, 4) is 0 Å². The van der Waals surface area contributed by atoms with Gasteiger partial charge in [0.05, 0.1) is 16.2 Å². The van der Waals surface area contributed by atoms with Crippen molar-refractivity contribution in [2.75, 3.05) is 31.1 Å². The monoisotopic (exact) mass is 267 g/mol. The summed E-state index contributed by atoms with van der Waals surface area (Å²) in [5.74, 6) is -0.362. The van der Waals surface area contributed by atoms with Crippen molar-refractivity contribution in [1.29, 1.82) is 0 Å². The van der Waals surface area contributed by atoms with Crippen molar-refractivity contribution in [3.05, 3.63) is 27.7 Å². The Hall–Kier alpha value is -1.46. The molecule has 5 nitrogen and oxygen atoms in total. The molecule has 6 heteroatoms. The second-order valence-electron chi connectivity index (χ2n) is 4.44. The number of anilines is 1. The van der Waals surface area contributed by atoms with Gasteiger partial charge in [-0.05, 0) is 6.07 Å². The molecule has 0 saturated carbocycles. The predicted octanol–water partition coefficient (Wildman–Crippen LogP) is 1.19. The van der Waals surface area contributed by atoms with Gasteiger partial charge in [0, 0.05) is 39.3 Å². The topological polar surface area (TPSA) is 50.4 Å². The lowest BCUT2D eigenvalue weighted by Gasteiger charge is -2.30. The molecule has 0 aliphatic carbocycles. The Kier molecular flexibility index (Phi) is 2.80. The molecule has 96 valence electrons. The molecule has 1 saturated heterocycles. The van der Waals surface area contributed by atoms with Crippen LogP contribution in [0.25, 0.3) is 11.1 Å². The maximum Gasteiger partial charge on any atom is 0.419 e. The highest BCUT2D eigenvalue weighted by Gasteiger charge is 2.16. The van der Waals surface area contributed by atoms with Gasteiger partial charge in [0.15, 0.2) is 5.58 Å². The van der Waals surface area contributed by atoms with Crippen molar-refractivity contribution in [3.63, 3.8) is 0 Å². The molecule has 1 aliphatic rings. The summed E-state index contributed by atoms with van der Waals surface area (Å²) in [6.07, 6.45) is 0. The van der Waals surface area contributed by atoms with Gasteiger partial charge in [-0.1, -0.05) is 11.6 Å². The quantitative estimate of drug-likeness (QED) is 0.843. The Morgan fingerprint density at radius 1 is 1.33 bits per heavy atom. The van der Waals surface area contributed by atoms with E-state index in [0.717, 1.165) is 37.4 Å². The van der Waals surface area contributed by atoms with Crippen LogP contribution in [0.1, 0.15) is 0 Å². The molecule has 0 radical (unpaired) electrons. The molecule has 1 aromatic carbocycles. The van der Waals surface area contributed by atoms with Crippen LogP contribution in [0.3, 0.4) is 0 Å². The highest BCUT2D eigenvalue weighted by atomic mass is 35.5. The number of piperazine rings is 1. The van der Waals surface area contributed by atoms with E-state index < -0.39 is 0 Å². The minimum absolute atomic E-state index is 0.362. The molecule has 1 fully saturated rings. The first-order chi connectivity index (χ1) is 8.66.